The summed E-state index contributed by atoms with van der Waals surface area (Å²) in [6.45, 7) is 27.4. The van der Waals surface area contributed by atoms with Crippen molar-refractivity contribution in [3.8, 4) is 0 Å². The van der Waals surface area contributed by atoms with Crippen molar-refractivity contribution in [2.45, 2.75) is 83.1 Å². The van der Waals surface area contributed by atoms with Crippen LogP contribution in [0, 0.1) is 83.1 Å². The first-order chi connectivity index (χ1) is 26.1. The highest BCUT2D eigenvalue weighted by Gasteiger charge is 2.29. The largest absolute Gasteiger partial charge is 0.0916 e. The SMILES string of the molecule is Cc1cc(C)cc(P(CP(CP(c2cc(C)cc(C)c2)c2cc(C)cc(C)c2)CP(c2cc(C)cc(C)c2)c2cc(C)cc(C)c2)c2cc(C)cc(C)c2)c1. The molecule has 6 aromatic carbocycles. The first-order valence-corrected chi connectivity index (χ1v) is 26.1. The Morgan fingerprint density at radius 2 is 0.345 bits per heavy atom. The standard InChI is InChI=1S/C51H60P4/c1-34-13-35(2)20-46(19-34)53(47-21-36(3)14-37(4)22-47)31-52(32-54(48-23-38(5)15-39(6)24-48)49-25-40(7)16-41(8)26-49)33-55(50-27-42(9)17-43(10)28-50)51-29-44(11)18-45(12)30-51/h13-30H,31-33H2,1-12H3. The van der Waals surface area contributed by atoms with E-state index in [1.807, 2.05) is 0 Å². The van der Waals surface area contributed by atoms with Crippen LogP contribution < -0.4 is 31.8 Å². The second-order valence-corrected chi connectivity index (χ2v) is 26.9. The number of hydrogen-bond donors (Lipinski definition) is 0. The molecule has 0 spiro atoms. The van der Waals surface area contributed by atoms with Gasteiger partial charge in [-0.15, -0.1) is 0 Å². The number of aryl methyl sites for hydroxylation is 12. The first kappa shape index (κ1) is 41.7. The van der Waals surface area contributed by atoms with E-state index in [1.165, 1.54) is 116 Å². The van der Waals surface area contributed by atoms with Crippen molar-refractivity contribution >= 4 is 63.5 Å². The summed E-state index contributed by atoms with van der Waals surface area (Å²) in [5.74, 6) is 3.71. The van der Waals surface area contributed by atoms with E-state index < -0.39 is 31.7 Å². The lowest BCUT2D eigenvalue weighted by atomic mass is 10.2. The summed E-state index contributed by atoms with van der Waals surface area (Å²) < 4.78 is 0. The van der Waals surface area contributed by atoms with Gasteiger partial charge in [0, 0.05) is 0 Å². The molecule has 284 valence electrons. The lowest BCUT2D eigenvalue weighted by Gasteiger charge is -2.33. The summed E-state index contributed by atoms with van der Waals surface area (Å²) in [7, 11) is -2.23. The van der Waals surface area contributed by atoms with Crippen molar-refractivity contribution in [3.05, 3.63) is 176 Å². The Balaban J connectivity index is 1.58. The summed E-state index contributed by atoms with van der Waals surface area (Å²) in [4.78, 5) is 0. The Morgan fingerprint density at radius 3 is 0.473 bits per heavy atom. The molecule has 6 aromatic rings. The zero-order valence-corrected chi connectivity index (χ0v) is 38.9. The summed E-state index contributed by atoms with van der Waals surface area (Å²) in [5.41, 5.74) is 16.5. The third-order valence-corrected chi connectivity index (χ3v) is 23.6. The molecule has 0 fully saturated rings. The van der Waals surface area contributed by atoms with E-state index in [1.54, 1.807) is 0 Å². The quantitative estimate of drug-likeness (QED) is 0.108. The molecule has 0 atom stereocenters. The predicted molar refractivity (Wildman–Crippen MR) is 256 cm³/mol. The minimum Gasteiger partial charge on any atom is -0.0916 e. The second-order valence-electron chi connectivity index (χ2n) is 16.5. The van der Waals surface area contributed by atoms with E-state index in [0.717, 1.165) is 0 Å². The topological polar surface area (TPSA) is 0 Å². The highest BCUT2D eigenvalue weighted by atomic mass is 31.2. The third kappa shape index (κ3) is 11.1. The maximum absolute atomic E-state index is 2.51. The Morgan fingerprint density at radius 1 is 0.218 bits per heavy atom. The van der Waals surface area contributed by atoms with Crippen molar-refractivity contribution in [1.82, 2.24) is 0 Å². The minimum absolute atomic E-state index is 0.450. The number of rotatable bonds is 12. The van der Waals surface area contributed by atoms with Crippen LogP contribution in [0.3, 0.4) is 0 Å². The van der Waals surface area contributed by atoms with E-state index in [2.05, 4.69) is 192 Å². The van der Waals surface area contributed by atoms with Crippen molar-refractivity contribution in [2.75, 3.05) is 17.7 Å². The molecule has 0 unspecified atom stereocenters. The second kappa shape index (κ2) is 18.1. The average molecular weight is 797 g/mol. The van der Waals surface area contributed by atoms with Crippen LogP contribution in [-0.2, 0) is 0 Å². The van der Waals surface area contributed by atoms with Crippen molar-refractivity contribution in [3.63, 3.8) is 0 Å². The fourth-order valence-electron chi connectivity index (χ4n) is 8.31. The van der Waals surface area contributed by atoms with Gasteiger partial charge in [0.15, 0.2) is 0 Å². The summed E-state index contributed by atoms with van der Waals surface area (Å²) in [5, 5.41) is 9.22. The average Bonchev–Trinajstić information content (AvgIpc) is 3.05. The van der Waals surface area contributed by atoms with Crippen molar-refractivity contribution in [1.29, 1.82) is 0 Å². The molecule has 0 N–H and O–H groups in total. The first-order valence-electron chi connectivity index (χ1n) is 19.6. The molecule has 0 aromatic heterocycles. The van der Waals surface area contributed by atoms with Crippen LogP contribution in [-0.4, -0.2) is 17.7 Å². The number of benzene rings is 6. The fraction of sp³-hybridized carbons (Fsp3) is 0.294. The molecule has 0 aliphatic heterocycles. The van der Waals surface area contributed by atoms with Gasteiger partial charge in [-0.3, -0.25) is 0 Å². The maximum Gasteiger partial charge on any atom is -0.00332 e. The molecular weight excluding hydrogens is 736 g/mol. The van der Waals surface area contributed by atoms with Gasteiger partial charge in [0.05, 0.1) is 0 Å². The van der Waals surface area contributed by atoms with E-state index in [9.17, 15) is 0 Å². The molecule has 55 heavy (non-hydrogen) atoms. The molecule has 0 nitrogen and oxygen atoms in total. The van der Waals surface area contributed by atoms with Gasteiger partial charge in [0.2, 0.25) is 0 Å². The van der Waals surface area contributed by atoms with Gasteiger partial charge < -0.3 is 0 Å². The molecular formula is C51H60P4. The van der Waals surface area contributed by atoms with Crippen LogP contribution in [0.25, 0.3) is 0 Å². The summed E-state index contributed by atoms with van der Waals surface area (Å²) in [6.07, 6.45) is 0. The normalized spacial score (nSPS) is 11.8. The van der Waals surface area contributed by atoms with Gasteiger partial charge in [-0.1, -0.05) is 184 Å². The van der Waals surface area contributed by atoms with Crippen molar-refractivity contribution < 1.29 is 0 Å². The van der Waals surface area contributed by atoms with Gasteiger partial charge >= 0.3 is 0 Å². The smallest absolute Gasteiger partial charge is 0.00332 e. The minimum atomic E-state index is -0.592. The van der Waals surface area contributed by atoms with Gasteiger partial charge in [-0.25, -0.2) is 0 Å². The zero-order chi connectivity index (χ0) is 39.6. The van der Waals surface area contributed by atoms with Crippen LogP contribution in [0.2, 0.25) is 0 Å². The Hall–Kier alpha value is -2.96. The fourth-order valence-corrected chi connectivity index (χ4v) is 25.7. The van der Waals surface area contributed by atoms with Crippen LogP contribution in [0.1, 0.15) is 66.8 Å². The molecule has 0 saturated heterocycles. The van der Waals surface area contributed by atoms with E-state index in [-0.39, 0.29) is 0 Å². The maximum atomic E-state index is 2.51. The Labute approximate surface area is 338 Å². The van der Waals surface area contributed by atoms with Crippen LogP contribution in [0.5, 0.6) is 0 Å². The van der Waals surface area contributed by atoms with Gasteiger partial charge in [-0.2, -0.15) is 0 Å². The molecule has 0 saturated carbocycles. The van der Waals surface area contributed by atoms with E-state index in [4.69, 9.17) is 0 Å². The van der Waals surface area contributed by atoms with Crippen LogP contribution >= 0.6 is 31.7 Å². The summed E-state index contributed by atoms with van der Waals surface area (Å²) >= 11 is 0. The van der Waals surface area contributed by atoms with Gasteiger partial charge in [-0.05, 0) is 156 Å². The summed E-state index contributed by atoms with van der Waals surface area (Å²) in [6, 6.07) is 44.2. The molecule has 0 radical (unpaired) electrons. The highest BCUT2D eigenvalue weighted by Crippen LogP contribution is 2.62. The Bertz CT molecular complexity index is 1780. The van der Waals surface area contributed by atoms with Crippen molar-refractivity contribution in [2.24, 2.45) is 0 Å². The molecule has 4 heteroatoms. The lowest BCUT2D eigenvalue weighted by molar-refractivity contribution is 1.40. The highest BCUT2D eigenvalue weighted by molar-refractivity contribution is 7.94. The predicted octanol–water partition coefficient (Wildman–Crippen LogP) is 12.4. The van der Waals surface area contributed by atoms with E-state index >= 15 is 0 Å². The zero-order valence-electron chi connectivity index (χ0n) is 35.3. The number of hydrogen-bond acceptors (Lipinski definition) is 0. The van der Waals surface area contributed by atoms with Gasteiger partial charge in [0.25, 0.3) is 0 Å². The van der Waals surface area contributed by atoms with E-state index in [0.29, 0.717) is 0 Å². The monoisotopic (exact) mass is 796 g/mol. The Kier molecular flexibility index (Phi) is 13.7. The molecule has 0 aliphatic rings. The molecule has 6 rings (SSSR count). The lowest BCUT2D eigenvalue weighted by Crippen LogP contribution is -2.21. The van der Waals surface area contributed by atoms with Gasteiger partial charge in [0.1, 0.15) is 0 Å². The third-order valence-electron chi connectivity index (χ3n) is 10.1. The van der Waals surface area contributed by atoms with Crippen LogP contribution in [0.4, 0.5) is 0 Å². The van der Waals surface area contributed by atoms with Crippen LogP contribution in [0.15, 0.2) is 109 Å². The molecule has 0 aliphatic carbocycles. The molecule has 0 bridgehead atoms. The molecule has 0 heterocycles. The molecule has 0 amide bonds.